The molecular weight excluding hydrogens is 304 g/mol. The average molecular weight is 324 g/mol. The summed E-state index contributed by atoms with van der Waals surface area (Å²) in [6, 6.07) is 15.9. The van der Waals surface area contributed by atoms with E-state index in [0.717, 1.165) is 12.1 Å². The molecule has 3 N–H and O–H groups in total. The number of para-hydroxylation sites is 1. The minimum atomic E-state index is -0.555. The maximum absolute atomic E-state index is 12.2. The minimum absolute atomic E-state index is 0.165. The van der Waals surface area contributed by atoms with Gasteiger partial charge in [0.2, 0.25) is 5.91 Å². The van der Waals surface area contributed by atoms with Gasteiger partial charge in [0, 0.05) is 16.9 Å². The van der Waals surface area contributed by atoms with Crippen molar-refractivity contribution in [3.05, 3.63) is 60.2 Å². The van der Waals surface area contributed by atoms with Gasteiger partial charge in [-0.1, -0.05) is 18.2 Å². The average Bonchev–Trinajstić information content (AvgIpc) is 3.02. The van der Waals surface area contributed by atoms with Crippen LogP contribution in [-0.4, -0.2) is 23.0 Å². The van der Waals surface area contributed by atoms with Crippen molar-refractivity contribution in [2.45, 2.75) is 25.4 Å². The lowest BCUT2D eigenvalue weighted by Crippen LogP contribution is -2.28. The van der Waals surface area contributed by atoms with Crippen LogP contribution in [0, 0.1) is 5.92 Å². The molecule has 0 spiro atoms. The molecule has 2 atom stereocenters. The second kappa shape index (κ2) is 7.27. The highest BCUT2D eigenvalue weighted by Gasteiger charge is 2.31. The standard InChI is InChI=1S/C19H20N2O3/c22-17-8-4-7-16(17)19(24)21-15-11-9-13(10-12-15)18(23)20-14-5-2-1-3-6-14/h1-3,5-6,9-12,16-17,22H,4,7-8H2,(H,20,23)(H,21,24). The minimum Gasteiger partial charge on any atom is -0.392 e. The van der Waals surface area contributed by atoms with Crippen LogP contribution in [0.25, 0.3) is 0 Å². The fourth-order valence-corrected chi connectivity index (χ4v) is 2.91. The SMILES string of the molecule is O=C(Nc1ccccc1)c1ccc(NC(=O)C2CCCC2O)cc1. The van der Waals surface area contributed by atoms with Gasteiger partial charge in [-0.3, -0.25) is 9.59 Å². The van der Waals surface area contributed by atoms with Crippen molar-refractivity contribution in [1.82, 2.24) is 0 Å². The highest BCUT2D eigenvalue weighted by atomic mass is 16.3. The number of benzene rings is 2. The quantitative estimate of drug-likeness (QED) is 0.809. The molecule has 1 fully saturated rings. The molecule has 2 aromatic carbocycles. The zero-order valence-corrected chi connectivity index (χ0v) is 13.2. The molecular formula is C19H20N2O3. The summed E-state index contributed by atoms with van der Waals surface area (Å²) in [5, 5.41) is 15.4. The zero-order chi connectivity index (χ0) is 16.9. The van der Waals surface area contributed by atoms with Crippen molar-refractivity contribution < 1.29 is 14.7 Å². The molecule has 124 valence electrons. The predicted molar refractivity (Wildman–Crippen MR) is 92.8 cm³/mol. The van der Waals surface area contributed by atoms with Gasteiger partial charge in [0.1, 0.15) is 0 Å². The van der Waals surface area contributed by atoms with E-state index in [1.165, 1.54) is 0 Å². The molecule has 0 saturated heterocycles. The van der Waals surface area contributed by atoms with E-state index >= 15 is 0 Å². The Labute approximate surface area is 140 Å². The molecule has 1 aliphatic rings. The Balaban J connectivity index is 1.60. The number of anilines is 2. The lowest BCUT2D eigenvalue weighted by molar-refractivity contribution is -0.122. The summed E-state index contributed by atoms with van der Waals surface area (Å²) in [5.41, 5.74) is 1.86. The van der Waals surface area contributed by atoms with E-state index in [9.17, 15) is 14.7 Å². The first kappa shape index (κ1) is 16.2. The first-order chi connectivity index (χ1) is 11.6. The molecule has 1 saturated carbocycles. The maximum atomic E-state index is 12.2. The van der Waals surface area contributed by atoms with Gasteiger partial charge in [-0.2, -0.15) is 0 Å². The highest BCUT2D eigenvalue weighted by Crippen LogP contribution is 2.26. The zero-order valence-electron chi connectivity index (χ0n) is 13.2. The van der Waals surface area contributed by atoms with Gasteiger partial charge in [0.05, 0.1) is 12.0 Å². The van der Waals surface area contributed by atoms with Gasteiger partial charge in [-0.25, -0.2) is 0 Å². The Morgan fingerprint density at radius 1 is 0.875 bits per heavy atom. The van der Waals surface area contributed by atoms with Gasteiger partial charge in [-0.05, 0) is 55.7 Å². The molecule has 3 rings (SSSR count). The lowest BCUT2D eigenvalue weighted by Gasteiger charge is -2.14. The number of nitrogens with one attached hydrogen (secondary N) is 2. The molecule has 5 heteroatoms. The Kier molecular flexibility index (Phi) is 4.91. The van der Waals surface area contributed by atoms with Crippen LogP contribution in [0.15, 0.2) is 54.6 Å². The summed E-state index contributed by atoms with van der Waals surface area (Å²) in [5.74, 6) is -0.710. The van der Waals surface area contributed by atoms with Crippen LogP contribution in [0.1, 0.15) is 29.6 Å². The summed E-state index contributed by atoms with van der Waals surface area (Å²) in [6.45, 7) is 0. The number of carbonyl (C=O) groups excluding carboxylic acids is 2. The van der Waals surface area contributed by atoms with E-state index in [1.54, 1.807) is 24.3 Å². The van der Waals surface area contributed by atoms with E-state index in [4.69, 9.17) is 0 Å². The van der Waals surface area contributed by atoms with Crippen LogP contribution in [0.4, 0.5) is 11.4 Å². The van der Waals surface area contributed by atoms with Gasteiger partial charge >= 0.3 is 0 Å². The number of aliphatic hydroxyl groups excluding tert-OH is 1. The summed E-state index contributed by atoms with van der Waals surface area (Å²) >= 11 is 0. The highest BCUT2D eigenvalue weighted by molar-refractivity contribution is 6.04. The van der Waals surface area contributed by atoms with Crippen LogP contribution in [0.3, 0.4) is 0 Å². The number of hydrogen-bond donors (Lipinski definition) is 3. The Morgan fingerprint density at radius 2 is 1.54 bits per heavy atom. The third-order valence-electron chi connectivity index (χ3n) is 4.26. The van der Waals surface area contributed by atoms with Gasteiger partial charge < -0.3 is 15.7 Å². The molecule has 0 heterocycles. The van der Waals surface area contributed by atoms with E-state index in [-0.39, 0.29) is 17.7 Å². The van der Waals surface area contributed by atoms with Crippen molar-refractivity contribution in [3.63, 3.8) is 0 Å². The topological polar surface area (TPSA) is 78.4 Å². The summed E-state index contributed by atoms with van der Waals surface area (Å²) in [6.07, 6.45) is 1.71. The lowest BCUT2D eigenvalue weighted by atomic mass is 10.1. The van der Waals surface area contributed by atoms with E-state index in [1.807, 2.05) is 30.3 Å². The third kappa shape index (κ3) is 3.81. The molecule has 1 aliphatic carbocycles. The number of aliphatic hydroxyl groups is 1. The first-order valence-corrected chi connectivity index (χ1v) is 8.09. The molecule has 0 bridgehead atoms. The summed E-state index contributed by atoms with van der Waals surface area (Å²) in [4.78, 5) is 24.3. The molecule has 0 aromatic heterocycles. The van der Waals surface area contributed by atoms with Gasteiger partial charge in [0.25, 0.3) is 5.91 Å². The van der Waals surface area contributed by atoms with Crippen LogP contribution in [-0.2, 0) is 4.79 Å². The van der Waals surface area contributed by atoms with Crippen molar-refractivity contribution in [3.8, 4) is 0 Å². The fraction of sp³-hybridized carbons (Fsp3) is 0.263. The van der Waals surface area contributed by atoms with Crippen molar-refractivity contribution in [2.24, 2.45) is 5.92 Å². The summed E-state index contributed by atoms with van der Waals surface area (Å²) in [7, 11) is 0. The maximum Gasteiger partial charge on any atom is 0.255 e. The number of hydrogen-bond acceptors (Lipinski definition) is 3. The number of carbonyl (C=O) groups is 2. The smallest absolute Gasteiger partial charge is 0.255 e. The fourth-order valence-electron chi connectivity index (χ4n) is 2.91. The predicted octanol–water partition coefficient (Wildman–Crippen LogP) is 3.04. The molecule has 24 heavy (non-hydrogen) atoms. The number of amides is 2. The molecule has 2 aromatic rings. The van der Waals surface area contributed by atoms with Crippen LogP contribution >= 0.6 is 0 Å². The second-order valence-corrected chi connectivity index (χ2v) is 5.99. The van der Waals surface area contributed by atoms with Gasteiger partial charge in [0.15, 0.2) is 0 Å². The van der Waals surface area contributed by atoms with E-state index in [2.05, 4.69) is 10.6 Å². The molecule has 5 nitrogen and oxygen atoms in total. The van der Waals surface area contributed by atoms with Crippen LogP contribution in [0.5, 0.6) is 0 Å². The monoisotopic (exact) mass is 324 g/mol. The van der Waals surface area contributed by atoms with Crippen molar-refractivity contribution >= 4 is 23.2 Å². The van der Waals surface area contributed by atoms with Crippen LogP contribution < -0.4 is 10.6 Å². The third-order valence-corrected chi connectivity index (χ3v) is 4.26. The molecule has 0 aliphatic heterocycles. The Morgan fingerprint density at radius 3 is 2.17 bits per heavy atom. The van der Waals surface area contributed by atoms with E-state index in [0.29, 0.717) is 24.1 Å². The summed E-state index contributed by atoms with van der Waals surface area (Å²) < 4.78 is 0. The normalized spacial score (nSPS) is 19.7. The molecule has 2 amide bonds. The molecule has 0 radical (unpaired) electrons. The Hall–Kier alpha value is -2.66. The van der Waals surface area contributed by atoms with Crippen molar-refractivity contribution in [1.29, 1.82) is 0 Å². The van der Waals surface area contributed by atoms with Crippen molar-refractivity contribution in [2.75, 3.05) is 10.6 Å². The molecule has 2 unspecified atom stereocenters. The first-order valence-electron chi connectivity index (χ1n) is 8.09. The largest absolute Gasteiger partial charge is 0.392 e. The Bertz CT molecular complexity index is 713. The second-order valence-electron chi connectivity index (χ2n) is 5.99. The van der Waals surface area contributed by atoms with E-state index < -0.39 is 6.10 Å². The number of rotatable bonds is 4. The van der Waals surface area contributed by atoms with Crippen LogP contribution in [0.2, 0.25) is 0 Å². The van der Waals surface area contributed by atoms with Gasteiger partial charge in [-0.15, -0.1) is 0 Å².